The Morgan fingerprint density at radius 3 is 2.62 bits per heavy atom. The van der Waals surface area contributed by atoms with Gasteiger partial charge in [0.05, 0.1) is 5.75 Å². The number of hydrogen-bond acceptors (Lipinski definition) is 5. The summed E-state index contributed by atoms with van der Waals surface area (Å²) in [5.74, 6) is 3.17. The average molecular weight is 243 g/mol. The van der Waals surface area contributed by atoms with Gasteiger partial charge < -0.3 is 10.3 Å². The van der Waals surface area contributed by atoms with Gasteiger partial charge >= 0.3 is 0 Å². The lowest BCUT2D eigenvalue weighted by Crippen LogP contribution is -2.21. The largest absolute Gasteiger partial charge is 0.339 e. The van der Waals surface area contributed by atoms with Crippen LogP contribution in [0.15, 0.2) is 4.52 Å². The van der Waals surface area contributed by atoms with Crippen molar-refractivity contribution < 1.29 is 4.52 Å². The van der Waals surface area contributed by atoms with Crippen LogP contribution >= 0.6 is 11.8 Å². The minimum atomic E-state index is -0.0737. The SMILES string of the molecule is CCC(N)CSCc1noc(C(C)(C)C)n1. The molecule has 1 unspecified atom stereocenters. The normalized spacial score (nSPS) is 14.1. The molecule has 1 heterocycles. The molecule has 0 aliphatic rings. The molecule has 0 aliphatic carbocycles. The van der Waals surface area contributed by atoms with E-state index >= 15 is 0 Å². The maximum Gasteiger partial charge on any atom is 0.232 e. The summed E-state index contributed by atoms with van der Waals surface area (Å²) >= 11 is 1.75. The Bertz CT molecular complexity index is 319. The number of rotatable bonds is 5. The molecule has 1 aromatic rings. The first-order valence-electron chi connectivity index (χ1n) is 5.60. The quantitative estimate of drug-likeness (QED) is 0.860. The molecule has 0 saturated carbocycles. The second-order valence-corrected chi connectivity index (χ2v) is 5.98. The fourth-order valence-corrected chi connectivity index (χ4v) is 1.99. The Balaban J connectivity index is 2.41. The summed E-state index contributed by atoms with van der Waals surface area (Å²) in [6.45, 7) is 8.27. The van der Waals surface area contributed by atoms with Crippen molar-refractivity contribution in [3.63, 3.8) is 0 Å². The smallest absolute Gasteiger partial charge is 0.232 e. The van der Waals surface area contributed by atoms with E-state index in [1.165, 1.54) is 0 Å². The van der Waals surface area contributed by atoms with Crippen molar-refractivity contribution in [3.05, 3.63) is 11.7 Å². The zero-order valence-electron chi connectivity index (χ0n) is 10.5. The molecule has 0 aromatic carbocycles. The van der Waals surface area contributed by atoms with E-state index in [0.29, 0.717) is 5.89 Å². The van der Waals surface area contributed by atoms with Gasteiger partial charge in [0.25, 0.3) is 0 Å². The number of aromatic nitrogens is 2. The molecule has 0 spiro atoms. The molecular weight excluding hydrogens is 222 g/mol. The fraction of sp³-hybridized carbons (Fsp3) is 0.818. The lowest BCUT2D eigenvalue weighted by Gasteiger charge is -2.10. The van der Waals surface area contributed by atoms with Gasteiger partial charge in [-0.3, -0.25) is 0 Å². The van der Waals surface area contributed by atoms with Gasteiger partial charge in [0, 0.05) is 17.2 Å². The van der Waals surface area contributed by atoms with Crippen LogP contribution < -0.4 is 5.73 Å². The van der Waals surface area contributed by atoms with Crippen LogP contribution in [0.25, 0.3) is 0 Å². The molecule has 0 fully saturated rings. The van der Waals surface area contributed by atoms with Crippen LogP contribution in [0, 0.1) is 0 Å². The van der Waals surface area contributed by atoms with Crippen LogP contribution in [0.5, 0.6) is 0 Å². The highest BCUT2D eigenvalue weighted by Crippen LogP contribution is 2.21. The molecule has 1 aromatic heterocycles. The first-order chi connectivity index (χ1) is 7.43. The third-order valence-electron chi connectivity index (χ3n) is 2.20. The molecule has 5 heteroatoms. The molecular formula is C11H21N3OS. The number of hydrogen-bond donors (Lipinski definition) is 1. The van der Waals surface area contributed by atoms with Crippen molar-refractivity contribution in [2.24, 2.45) is 5.73 Å². The van der Waals surface area contributed by atoms with E-state index in [1.807, 2.05) is 0 Å². The van der Waals surface area contributed by atoms with Gasteiger partial charge in [-0.05, 0) is 6.42 Å². The maximum absolute atomic E-state index is 5.83. The molecule has 1 rings (SSSR count). The summed E-state index contributed by atoms with van der Waals surface area (Å²) < 4.78 is 5.21. The predicted molar refractivity (Wildman–Crippen MR) is 67.4 cm³/mol. The fourth-order valence-electron chi connectivity index (χ4n) is 1.04. The maximum atomic E-state index is 5.83. The van der Waals surface area contributed by atoms with E-state index in [-0.39, 0.29) is 11.5 Å². The minimum Gasteiger partial charge on any atom is -0.339 e. The number of thioether (sulfide) groups is 1. The average Bonchev–Trinajstić information content (AvgIpc) is 2.65. The van der Waals surface area contributed by atoms with Crippen molar-refractivity contribution in [1.82, 2.24) is 10.1 Å². The van der Waals surface area contributed by atoms with E-state index in [1.54, 1.807) is 11.8 Å². The molecule has 16 heavy (non-hydrogen) atoms. The topological polar surface area (TPSA) is 64.9 Å². The van der Waals surface area contributed by atoms with Crippen molar-refractivity contribution in [1.29, 1.82) is 0 Å². The van der Waals surface area contributed by atoms with Gasteiger partial charge in [-0.1, -0.05) is 32.9 Å². The van der Waals surface area contributed by atoms with Gasteiger partial charge in [0.1, 0.15) is 0 Å². The molecule has 0 aliphatic heterocycles. The summed E-state index contributed by atoms with van der Waals surface area (Å²) in [7, 11) is 0. The summed E-state index contributed by atoms with van der Waals surface area (Å²) in [5.41, 5.74) is 5.75. The number of nitrogens with zero attached hydrogens (tertiary/aromatic N) is 2. The summed E-state index contributed by atoms with van der Waals surface area (Å²) in [6, 6.07) is 0.263. The second-order valence-electron chi connectivity index (χ2n) is 4.95. The second kappa shape index (κ2) is 5.68. The highest BCUT2D eigenvalue weighted by Gasteiger charge is 2.21. The Labute approximate surface area is 101 Å². The van der Waals surface area contributed by atoms with Gasteiger partial charge in [0.15, 0.2) is 5.82 Å². The third-order valence-corrected chi connectivity index (χ3v) is 3.32. The predicted octanol–water partition coefficient (Wildman–Crippen LogP) is 2.34. The monoisotopic (exact) mass is 243 g/mol. The summed E-state index contributed by atoms with van der Waals surface area (Å²) in [6.07, 6.45) is 1.01. The van der Waals surface area contributed by atoms with Crippen LogP contribution in [0.1, 0.15) is 45.8 Å². The van der Waals surface area contributed by atoms with Crippen molar-refractivity contribution in [3.8, 4) is 0 Å². The van der Waals surface area contributed by atoms with Gasteiger partial charge in [-0.25, -0.2) is 0 Å². The summed E-state index contributed by atoms with van der Waals surface area (Å²) in [5, 5.41) is 3.96. The highest BCUT2D eigenvalue weighted by atomic mass is 32.2. The van der Waals surface area contributed by atoms with E-state index in [9.17, 15) is 0 Å². The first-order valence-corrected chi connectivity index (χ1v) is 6.75. The minimum absolute atomic E-state index is 0.0737. The number of nitrogens with two attached hydrogens (primary N) is 1. The Hall–Kier alpha value is -0.550. The highest BCUT2D eigenvalue weighted by molar-refractivity contribution is 7.98. The van der Waals surface area contributed by atoms with Crippen LogP contribution in [0.2, 0.25) is 0 Å². The molecule has 0 radical (unpaired) electrons. The zero-order valence-corrected chi connectivity index (χ0v) is 11.3. The van der Waals surface area contributed by atoms with Gasteiger partial charge in [-0.15, -0.1) is 0 Å². The van der Waals surface area contributed by atoms with Gasteiger partial charge in [-0.2, -0.15) is 16.7 Å². The third kappa shape index (κ3) is 4.14. The standard InChI is InChI=1S/C11H21N3OS/c1-5-8(12)6-16-7-9-13-10(15-14-9)11(2,3)4/h8H,5-7,12H2,1-4H3. The molecule has 2 N–H and O–H groups in total. The molecule has 0 amide bonds. The van der Waals surface area contributed by atoms with Crippen LogP contribution in [-0.4, -0.2) is 21.9 Å². The Morgan fingerprint density at radius 2 is 2.12 bits per heavy atom. The van der Waals surface area contributed by atoms with Crippen LogP contribution in [0.3, 0.4) is 0 Å². The molecule has 4 nitrogen and oxygen atoms in total. The van der Waals surface area contributed by atoms with Crippen LogP contribution in [-0.2, 0) is 11.2 Å². The van der Waals surface area contributed by atoms with E-state index in [2.05, 4.69) is 37.8 Å². The Morgan fingerprint density at radius 1 is 1.44 bits per heavy atom. The van der Waals surface area contributed by atoms with E-state index in [4.69, 9.17) is 10.3 Å². The van der Waals surface area contributed by atoms with E-state index < -0.39 is 0 Å². The van der Waals surface area contributed by atoms with Crippen molar-refractivity contribution in [2.75, 3.05) is 5.75 Å². The van der Waals surface area contributed by atoms with Crippen molar-refractivity contribution in [2.45, 2.75) is 51.3 Å². The van der Waals surface area contributed by atoms with Gasteiger partial charge in [0.2, 0.25) is 5.89 Å². The summed E-state index contributed by atoms with van der Waals surface area (Å²) in [4.78, 5) is 4.36. The molecule has 1 atom stereocenters. The lowest BCUT2D eigenvalue weighted by atomic mass is 9.97. The van der Waals surface area contributed by atoms with Crippen LogP contribution in [0.4, 0.5) is 0 Å². The molecule has 0 bridgehead atoms. The van der Waals surface area contributed by atoms with E-state index in [0.717, 1.165) is 23.8 Å². The lowest BCUT2D eigenvalue weighted by molar-refractivity contribution is 0.319. The molecule has 0 saturated heterocycles. The Kier molecular flexibility index (Phi) is 4.80. The zero-order chi connectivity index (χ0) is 12.2. The van der Waals surface area contributed by atoms with Crippen molar-refractivity contribution >= 4 is 11.8 Å². The first kappa shape index (κ1) is 13.5. The molecule has 92 valence electrons.